The maximum absolute atomic E-state index is 12.3. The number of fused-ring (bicyclic) bond motifs is 2. The summed E-state index contributed by atoms with van der Waals surface area (Å²) in [7, 11) is 0. The van der Waals surface area contributed by atoms with Crippen LogP contribution in [-0.4, -0.2) is 39.0 Å². The number of aromatic nitrogens is 2. The molecule has 0 fully saturated rings. The summed E-state index contributed by atoms with van der Waals surface area (Å²) >= 11 is 3.10. The maximum atomic E-state index is 12.3. The largest absolute Gasteiger partial charge is 0.273 e. The number of thioether (sulfide) groups is 1. The molecule has 0 aliphatic carbocycles. The quantitative estimate of drug-likeness (QED) is 0.414. The molecule has 0 spiro atoms. The Kier molecular flexibility index (Phi) is 3.59. The van der Waals surface area contributed by atoms with Crippen molar-refractivity contribution in [2.24, 2.45) is 0 Å². The van der Waals surface area contributed by atoms with Crippen LogP contribution in [0.1, 0.15) is 20.7 Å². The van der Waals surface area contributed by atoms with Gasteiger partial charge in [0.2, 0.25) is 0 Å². The normalized spacial score (nSPS) is 13.8. The summed E-state index contributed by atoms with van der Waals surface area (Å²) < 4.78 is 0. The zero-order valence-electron chi connectivity index (χ0n) is 11.9. The summed E-state index contributed by atoms with van der Waals surface area (Å²) in [5.74, 6) is 0.178. The predicted molar refractivity (Wildman–Crippen MR) is 89.9 cm³/mol. The number of hydrogen-bond acceptors (Lipinski definition) is 6. The van der Waals surface area contributed by atoms with E-state index in [0.717, 1.165) is 15.2 Å². The summed E-state index contributed by atoms with van der Waals surface area (Å²) in [6.07, 6.45) is 1.54. The number of amides is 2. The Hall–Kier alpha value is -2.25. The third-order valence-electron chi connectivity index (χ3n) is 3.66. The molecule has 1 aliphatic heterocycles. The maximum Gasteiger partial charge on any atom is 0.261 e. The summed E-state index contributed by atoms with van der Waals surface area (Å²) in [6.45, 7) is 0.368. The van der Waals surface area contributed by atoms with E-state index in [0.29, 0.717) is 23.4 Å². The number of carbonyl (C=O) groups excluding carboxylic acids is 2. The molecule has 3 aromatic rings. The molecule has 1 aliphatic rings. The highest BCUT2D eigenvalue weighted by Gasteiger charge is 2.34. The fraction of sp³-hybridized carbons (Fsp3) is 0.125. The minimum absolute atomic E-state index is 0.213. The fourth-order valence-corrected chi connectivity index (χ4v) is 4.26. The molecule has 7 heteroatoms. The van der Waals surface area contributed by atoms with Crippen LogP contribution in [0.2, 0.25) is 0 Å². The molecule has 2 aromatic heterocycles. The van der Waals surface area contributed by atoms with Crippen molar-refractivity contribution in [2.45, 2.75) is 5.03 Å². The molecular weight excluding hydrogens is 330 g/mol. The molecule has 0 saturated heterocycles. The van der Waals surface area contributed by atoms with Gasteiger partial charge in [-0.25, -0.2) is 9.97 Å². The zero-order valence-corrected chi connectivity index (χ0v) is 13.6. The van der Waals surface area contributed by atoms with Crippen LogP contribution in [0.3, 0.4) is 0 Å². The summed E-state index contributed by atoms with van der Waals surface area (Å²) in [6, 6.07) is 8.93. The van der Waals surface area contributed by atoms with Gasteiger partial charge in [0.05, 0.1) is 11.1 Å². The highest BCUT2D eigenvalue weighted by Crippen LogP contribution is 2.28. The lowest BCUT2D eigenvalue weighted by molar-refractivity contribution is 0.0664. The van der Waals surface area contributed by atoms with Gasteiger partial charge in [0.25, 0.3) is 11.8 Å². The minimum atomic E-state index is -0.213. The molecule has 0 radical (unpaired) electrons. The Balaban J connectivity index is 1.47. The van der Waals surface area contributed by atoms with Crippen molar-refractivity contribution in [1.29, 1.82) is 0 Å². The van der Waals surface area contributed by atoms with Gasteiger partial charge < -0.3 is 0 Å². The van der Waals surface area contributed by atoms with Crippen LogP contribution in [0.5, 0.6) is 0 Å². The van der Waals surface area contributed by atoms with Crippen molar-refractivity contribution >= 4 is 45.1 Å². The highest BCUT2D eigenvalue weighted by molar-refractivity contribution is 7.99. The first-order valence-corrected chi connectivity index (χ1v) is 8.88. The third-order valence-corrected chi connectivity index (χ3v) is 5.46. The second kappa shape index (κ2) is 5.75. The van der Waals surface area contributed by atoms with Crippen LogP contribution in [-0.2, 0) is 0 Å². The first-order valence-electron chi connectivity index (χ1n) is 7.02. The van der Waals surface area contributed by atoms with E-state index in [9.17, 15) is 9.59 Å². The Morgan fingerprint density at radius 3 is 2.52 bits per heavy atom. The molecule has 0 saturated carbocycles. The van der Waals surface area contributed by atoms with Gasteiger partial charge in [-0.2, -0.15) is 0 Å². The van der Waals surface area contributed by atoms with E-state index in [2.05, 4.69) is 9.97 Å². The molecule has 0 N–H and O–H groups in total. The van der Waals surface area contributed by atoms with E-state index in [-0.39, 0.29) is 11.8 Å². The molecule has 0 bridgehead atoms. The van der Waals surface area contributed by atoms with Gasteiger partial charge in [-0.15, -0.1) is 23.1 Å². The number of rotatable bonds is 4. The molecule has 2 amide bonds. The Bertz CT molecular complexity index is 887. The van der Waals surface area contributed by atoms with E-state index in [1.165, 1.54) is 16.7 Å². The smallest absolute Gasteiger partial charge is 0.261 e. The second-order valence-corrected chi connectivity index (χ2v) is 6.95. The lowest BCUT2D eigenvalue weighted by Gasteiger charge is -2.13. The van der Waals surface area contributed by atoms with E-state index < -0.39 is 0 Å². The number of imide groups is 1. The standard InChI is InChI=1S/C16H11N3O2S2/c20-15-10-3-1-2-4-11(10)16(21)19(15)6-8-23-14-12-5-7-22-13(12)17-9-18-14/h1-5,7,9H,6,8H2. The van der Waals surface area contributed by atoms with Gasteiger partial charge in [0.15, 0.2) is 0 Å². The third kappa shape index (κ3) is 2.42. The van der Waals surface area contributed by atoms with Crippen LogP contribution in [0.25, 0.3) is 10.2 Å². The highest BCUT2D eigenvalue weighted by atomic mass is 32.2. The molecule has 114 valence electrons. The fourth-order valence-electron chi connectivity index (χ4n) is 2.56. The predicted octanol–water partition coefficient (Wildman–Crippen LogP) is 3.08. The minimum Gasteiger partial charge on any atom is -0.273 e. The first kappa shape index (κ1) is 14.3. The Morgan fingerprint density at radius 1 is 1.04 bits per heavy atom. The molecule has 1 aromatic carbocycles. The molecule has 0 unspecified atom stereocenters. The van der Waals surface area contributed by atoms with Crippen molar-refractivity contribution in [3.8, 4) is 0 Å². The molecule has 23 heavy (non-hydrogen) atoms. The van der Waals surface area contributed by atoms with Crippen molar-refractivity contribution < 1.29 is 9.59 Å². The zero-order chi connectivity index (χ0) is 15.8. The molecular formula is C16H11N3O2S2. The average Bonchev–Trinajstić information content (AvgIpc) is 3.15. The van der Waals surface area contributed by atoms with E-state index in [4.69, 9.17) is 0 Å². The number of thiophene rings is 1. The lowest BCUT2D eigenvalue weighted by Crippen LogP contribution is -2.31. The van der Waals surface area contributed by atoms with Gasteiger partial charge in [-0.3, -0.25) is 14.5 Å². The Morgan fingerprint density at radius 2 is 1.78 bits per heavy atom. The van der Waals surface area contributed by atoms with Crippen LogP contribution in [0.4, 0.5) is 0 Å². The Labute approximate surface area is 140 Å². The molecule has 3 heterocycles. The van der Waals surface area contributed by atoms with Crippen LogP contribution in [0.15, 0.2) is 47.1 Å². The lowest BCUT2D eigenvalue weighted by atomic mass is 10.1. The topological polar surface area (TPSA) is 63.2 Å². The van der Waals surface area contributed by atoms with Crippen LogP contribution < -0.4 is 0 Å². The average molecular weight is 341 g/mol. The van der Waals surface area contributed by atoms with Gasteiger partial charge in [-0.05, 0) is 23.6 Å². The van der Waals surface area contributed by atoms with Crippen molar-refractivity contribution in [1.82, 2.24) is 14.9 Å². The van der Waals surface area contributed by atoms with Gasteiger partial charge >= 0.3 is 0 Å². The van der Waals surface area contributed by atoms with Gasteiger partial charge in [0, 0.05) is 17.7 Å². The number of nitrogens with zero attached hydrogens (tertiary/aromatic N) is 3. The van der Waals surface area contributed by atoms with Crippen LogP contribution >= 0.6 is 23.1 Å². The number of hydrogen-bond donors (Lipinski definition) is 0. The van der Waals surface area contributed by atoms with E-state index in [1.807, 2.05) is 11.4 Å². The number of benzene rings is 1. The SMILES string of the molecule is O=C1c2ccccc2C(=O)N1CCSc1ncnc2sccc12. The van der Waals surface area contributed by atoms with Gasteiger partial charge in [0.1, 0.15) is 16.2 Å². The summed E-state index contributed by atoms with van der Waals surface area (Å²) in [4.78, 5) is 35.3. The van der Waals surface area contributed by atoms with Crippen molar-refractivity contribution in [3.05, 3.63) is 53.2 Å². The van der Waals surface area contributed by atoms with E-state index in [1.54, 1.807) is 41.9 Å². The van der Waals surface area contributed by atoms with E-state index >= 15 is 0 Å². The second-order valence-electron chi connectivity index (χ2n) is 4.97. The van der Waals surface area contributed by atoms with Crippen molar-refractivity contribution in [3.63, 3.8) is 0 Å². The molecule has 0 atom stereocenters. The molecule has 5 nitrogen and oxygen atoms in total. The molecule has 4 rings (SSSR count). The van der Waals surface area contributed by atoms with Gasteiger partial charge in [-0.1, -0.05) is 12.1 Å². The van der Waals surface area contributed by atoms with Crippen LogP contribution in [0, 0.1) is 0 Å². The van der Waals surface area contributed by atoms with Crippen molar-refractivity contribution in [2.75, 3.05) is 12.3 Å². The monoisotopic (exact) mass is 341 g/mol. The summed E-state index contributed by atoms with van der Waals surface area (Å²) in [5, 5.41) is 3.88. The first-order chi connectivity index (χ1) is 11.3. The number of carbonyl (C=O) groups is 2. The summed E-state index contributed by atoms with van der Waals surface area (Å²) in [5.41, 5.74) is 0.981.